The minimum Gasteiger partial charge on any atom is -0.375 e. The molecule has 0 aromatic carbocycles. The predicted octanol–water partition coefficient (Wildman–Crippen LogP) is 1.26. The fraction of sp³-hybridized carbons (Fsp3) is 0.417. The molecule has 2 aromatic heterocycles. The van der Waals surface area contributed by atoms with Crippen LogP contribution >= 0.6 is 23.7 Å². The standard InChI is InChI=1S/C12H16N6S.ClH/c13-12-16-7-10(19-12)9-17-3-5-18(6-4-17)11-8-14-1-2-15-11;/h1-2,7-8H,3-6,9H2,(H2,13,16);1H. The van der Waals surface area contributed by atoms with Gasteiger partial charge in [-0.3, -0.25) is 9.88 Å². The van der Waals surface area contributed by atoms with Crippen molar-refractivity contribution in [1.29, 1.82) is 0 Å². The highest BCUT2D eigenvalue weighted by molar-refractivity contribution is 7.15. The first-order valence-corrected chi connectivity index (χ1v) is 7.06. The third kappa shape index (κ3) is 3.56. The molecular formula is C12H17ClN6S. The first-order valence-electron chi connectivity index (χ1n) is 6.25. The summed E-state index contributed by atoms with van der Waals surface area (Å²) < 4.78 is 0. The fourth-order valence-corrected chi connectivity index (χ4v) is 2.93. The smallest absolute Gasteiger partial charge is 0.180 e. The van der Waals surface area contributed by atoms with Gasteiger partial charge in [-0.1, -0.05) is 0 Å². The van der Waals surface area contributed by atoms with E-state index < -0.39 is 0 Å². The van der Waals surface area contributed by atoms with E-state index in [1.54, 1.807) is 23.7 Å². The van der Waals surface area contributed by atoms with Gasteiger partial charge in [0.05, 0.1) is 6.20 Å². The molecule has 2 aromatic rings. The summed E-state index contributed by atoms with van der Waals surface area (Å²) in [5, 5.41) is 0.646. The summed E-state index contributed by atoms with van der Waals surface area (Å²) in [7, 11) is 0. The summed E-state index contributed by atoms with van der Waals surface area (Å²) in [6, 6.07) is 0. The number of piperazine rings is 1. The second-order valence-electron chi connectivity index (χ2n) is 4.49. The summed E-state index contributed by atoms with van der Waals surface area (Å²) in [5.41, 5.74) is 5.65. The van der Waals surface area contributed by atoms with Crippen LogP contribution in [0.5, 0.6) is 0 Å². The topological polar surface area (TPSA) is 71.2 Å². The molecule has 1 aliphatic rings. The van der Waals surface area contributed by atoms with Crippen LogP contribution in [0, 0.1) is 0 Å². The number of halogens is 1. The molecule has 2 N–H and O–H groups in total. The maximum atomic E-state index is 5.65. The molecule has 0 amide bonds. The zero-order chi connectivity index (χ0) is 13.1. The number of nitrogens with two attached hydrogens (primary N) is 1. The molecule has 0 unspecified atom stereocenters. The lowest BCUT2D eigenvalue weighted by molar-refractivity contribution is 0.251. The van der Waals surface area contributed by atoms with Gasteiger partial charge >= 0.3 is 0 Å². The Hall–Kier alpha value is -1.44. The molecule has 0 atom stereocenters. The minimum absolute atomic E-state index is 0. The fourth-order valence-electron chi connectivity index (χ4n) is 2.21. The molecule has 0 saturated carbocycles. The first-order chi connectivity index (χ1) is 9.31. The van der Waals surface area contributed by atoms with Gasteiger partial charge in [0.15, 0.2) is 5.13 Å². The van der Waals surface area contributed by atoms with E-state index in [4.69, 9.17) is 5.73 Å². The Morgan fingerprint density at radius 2 is 1.90 bits per heavy atom. The molecule has 0 spiro atoms. The van der Waals surface area contributed by atoms with E-state index in [2.05, 4.69) is 24.8 Å². The molecule has 1 aliphatic heterocycles. The Labute approximate surface area is 128 Å². The summed E-state index contributed by atoms with van der Waals surface area (Å²) in [6.07, 6.45) is 7.13. The van der Waals surface area contributed by atoms with Crippen LogP contribution in [0.3, 0.4) is 0 Å². The molecule has 1 fully saturated rings. The SMILES string of the molecule is Cl.Nc1ncc(CN2CCN(c3cnccn3)CC2)s1. The predicted molar refractivity (Wildman–Crippen MR) is 83.3 cm³/mol. The highest BCUT2D eigenvalue weighted by Crippen LogP contribution is 2.18. The van der Waals surface area contributed by atoms with Gasteiger partial charge in [-0.15, -0.1) is 23.7 Å². The maximum Gasteiger partial charge on any atom is 0.180 e. The van der Waals surface area contributed by atoms with Crippen molar-refractivity contribution in [3.8, 4) is 0 Å². The van der Waals surface area contributed by atoms with Crippen LogP contribution in [0.4, 0.5) is 10.9 Å². The molecule has 0 radical (unpaired) electrons. The molecular weight excluding hydrogens is 296 g/mol. The number of nitrogens with zero attached hydrogens (tertiary/aromatic N) is 5. The van der Waals surface area contributed by atoms with Crippen LogP contribution in [-0.4, -0.2) is 46.0 Å². The summed E-state index contributed by atoms with van der Waals surface area (Å²) in [4.78, 5) is 18.4. The van der Waals surface area contributed by atoms with E-state index in [0.717, 1.165) is 38.5 Å². The molecule has 108 valence electrons. The van der Waals surface area contributed by atoms with Gasteiger partial charge in [0.1, 0.15) is 5.82 Å². The van der Waals surface area contributed by atoms with E-state index in [1.807, 2.05) is 12.4 Å². The molecule has 6 nitrogen and oxygen atoms in total. The van der Waals surface area contributed by atoms with Crippen LogP contribution in [-0.2, 0) is 6.54 Å². The lowest BCUT2D eigenvalue weighted by Gasteiger charge is -2.34. The van der Waals surface area contributed by atoms with E-state index >= 15 is 0 Å². The van der Waals surface area contributed by atoms with Crippen molar-refractivity contribution < 1.29 is 0 Å². The van der Waals surface area contributed by atoms with E-state index in [-0.39, 0.29) is 12.4 Å². The lowest BCUT2D eigenvalue weighted by atomic mass is 10.3. The Bertz CT molecular complexity index is 526. The van der Waals surface area contributed by atoms with Gasteiger partial charge in [0.25, 0.3) is 0 Å². The van der Waals surface area contributed by atoms with Gasteiger partial charge < -0.3 is 10.6 Å². The Kier molecular flexibility index (Phi) is 5.11. The zero-order valence-electron chi connectivity index (χ0n) is 11.0. The van der Waals surface area contributed by atoms with E-state index in [0.29, 0.717) is 5.13 Å². The number of hydrogen-bond donors (Lipinski definition) is 1. The zero-order valence-corrected chi connectivity index (χ0v) is 12.6. The number of nitrogen functional groups attached to an aromatic ring is 1. The van der Waals surface area contributed by atoms with Crippen molar-refractivity contribution in [2.24, 2.45) is 0 Å². The molecule has 0 aliphatic carbocycles. The Balaban J connectivity index is 0.00000147. The first kappa shape index (κ1) is 15.0. The molecule has 8 heteroatoms. The van der Waals surface area contributed by atoms with Gasteiger partial charge in [-0.05, 0) is 0 Å². The highest BCUT2D eigenvalue weighted by atomic mass is 35.5. The van der Waals surface area contributed by atoms with Crippen LogP contribution < -0.4 is 10.6 Å². The average molecular weight is 313 g/mol. The third-order valence-electron chi connectivity index (χ3n) is 3.20. The molecule has 0 bridgehead atoms. The maximum absolute atomic E-state index is 5.65. The van der Waals surface area contributed by atoms with Crippen LogP contribution in [0.15, 0.2) is 24.8 Å². The Morgan fingerprint density at radius 3 is 2.50 bits per heavy atom. The van der Waals surface area contributed by atoms with Crippen molar-refractivity contribution in [1.82, 2.24) is 19.9 Å². The second kappa shape index (κ2) is 6.83. The Morgan fingerprint density at radius 1 is 1.10 bits per heavy atom. The lowest BCUT2D eigenvalue weighted by Crippen LogP contribution is -2.46. The number of hydrogen-bond acceptors (Lipinski definition) is 7. The van der Waals surface area contributed by atoms with Crippen LogP contribution in [0.1, 0.15) is 4.88 Å². The molecule has 3 rings (SSSR count). The van der Waals surface area contributed by atoms with Crippen molar-refractivity contribution in [2.45, 2.75) is 6.54 Å². The number of aromatic nitrogens is 3. The summed E-state index contributed by atoms with van der Waals surface area (Å²) in [5.74, 6) is 0.962. The number of anilines is 2. The largest absolute Gasteiger partial charge is 0.375 e. The van der Waals surface area contributed by atoms with Crippen molar-refractivity contribution >= 4 is 34.7 Å². The van der Waals surface area contributed by atoms with Gasteiger partial charge in [0, 0.05) is 56.2 Å². The third-order valence-corrected chi connectivity index (χ3v) is 4.01. The van der Waals surface area contributed by atoms with Crippen LogP contribution in [0.25, 0.3) is 0 Å². The highest BCUT2D eigenvalue weighted by Gasteiger charge is 2.18. The van der Waals surface area contributed by atoms with Crippen LogP contribution in [0.2, 0.25) is 0 Å². The van der Waals surface area contributed by atoms with Gasteiger partial charge in [-0.25, -0.2) is 9.97 Å². The van der Waals surface area contributed by atoms with E-state index in [1.165, 1.54) is 4.88 Å². The summed E-state index contributed by atoms with van der Waals surface area (Å²) in [6.45, 7) is 4.94. The quantitative estimate of drug-likeness (QED) is 0.920. The van der Waals surface area contributed by atoms with Crippen molar-refractivity contribution in [2.75, 3.05) is 36.8 Å². The van der Waals surface area contributed by atoms with Gasteiger partial charge in [0.2, 0.25) is 0 Å². The van der Waals surface area contributed by atoms with E-state index in [9.17, 15) is 0 Å². The summed E-state index contributed by atoms with van der Waals surface area (Å²) >= 11 is 1.57. The normalized spacial score (nSPS) is 15.9. The average Bonchev–Trinajstić information content (AvgIpc) is 2.86. The molecule has 3 heterocycles. The molecule has 1 saturated heterocycles. The molecule has 20 heavy (non-hydrogen) atoms. The van der Waals surface area contributed by atoms with Crippen molar-refractivity contribution in [3.63, 3.8) is 0 Å². The number of rotatable bonds is 3. The monoisotopic (exact) mass is 312 g/mol. The number of thiazole rings is 1. The van der Waals surface area contributed by atoms with Gasteiger partial charge in [-0.2, -0.15) is 0 Å². The minimum atomic E-state index is 0. The second-order valence-corrected chi connectivity index (χ2v) is 5.64. The van der Waals surface area contributed by atoms with Crippen molar-refractivity contribution in [3.05, 3.63) is 29.7 Å².